The van der Waals surface area contributed by atoms with Gasteiger partial charge >= 0.3 is 5.97 Å². The Balaban J connectivity index is 1.82. The maximum Gasteiger partial charge on any atom is 0.308 e. The van der Waals surface area contributed by atoms with Crippen molar-refractivity contribution >= 4 is 5.97 Å². The van der Waals surface area contributed by atoms with Crippen LogP contribution in [0.1, 0.15) is 17.2 Å². The Hall–Kier alpha value is -2.67. The summed E-state index contributed by atoms with van der Waals surface area (Å²) in [4.78, 5) is 17.9. The first-order chi connectivity index (χ1) is 12.5. The number of halogens is 1. The topological polar surface area (TPSA) is 71.9 Å². The zero-order valence-electron chi connectivity index (χ0n) is 14.7. The molecule has 26 heavy (non-hydrogen) atoms. The van der Waals surface area contributed by atoms with E-state index in [-0.39, 0.29) is 5.92 Å². The fourth-order valence-corrected chi connectivity index (χ4v) is 3.42. The van der Waals surface area contributed by atoms with Crippen LogP contribution in [0.2, 0.25) is 0 Å². The number of pyridine rings is 1. The molecule has 0 aliphatic carbocycles. The van der Waals surface area contributed by atoms with E-state index >= 15 is 0 Å². The van der Waals surface area contributed by atoms with Crippen molar-refractivity contribution in [3.63, 3.8) is 0 Å². The largest absolute Gasteiger partial charge is 0.493 e. The molecule has 7 heteroatoms. The molecular formula is C19H21FN2O4. The molecule has 3 rings (SSSR count). The van der Waals surface area contributed by atoms with E-state index in [1.807, 2.05) is 17.0 Å². The van der Waals surface area contributed by atoms with Crippen molar-refractivity contribution in [2.24, 2.45) is 5.92 Å². The first kappa shape index (κ1) is 18.1. The van der Waals surface area contributed by atoms with Crippen molar-refractivity contribution in [1.29, 1.82) is 0 Å². The van der Waals surface area contributed by atoms with Gasteiger partial charge in [-0.3, -0.25) is 14.7 Å². The summed E-state index contributed by atoms with van der Waals surface area (Å²) in [5, 5.41) is 9.57. The molecule has 6 nitrogen and oxygen atoms in total. The number of likely N-dealkylation sites (tertiary alicyclic amines) is 1. The molecule has 138 valence electrons. The van der Waals surface area contributed by atoms with Crippen LogP contribution in [0.25, 0.3) is 0 Å². The van der Waals surface area contributed by atoms with E-state index in [1.54, 1.807) is 18.3 Å². The number of hydrogen-bond acceptors (Lipinski definition) is 5. The van der Waals surface area contributed by atoms with Crippen molar-refractivity contribution in [3.05, 3.63) is 53.6 Å². The third-order valence-electron chi connectivity index (χ3n) is 4.73. The maximum atomic E-state index is 14.4. The normalized spacial score (nSPS) is 20.1. The number of carboxylic acid groups (broad SMARTS) is 1. The number of methoxy groups -OCH3 is 2. The first-order valence-electron chi connectivity index (χ1n) is 8.30. The zero-order valence-corrected chi connectivity index (χ0v) is 14.7. The molecule has 0 spiro atoms. The Morgan fingerprint density at radius 1 is 1.27 bits per heavy atom. The number of ether oxygens (including phenoxy) is 2. The van der Waals surface area contributed by atoms with E-state index in [4.69, 9.17) is 9.47 Å². The Bertz CT molecular complexity index is 785. The number of carboxylic acids is 1. The monoisotopic (exact) mass is 360 g/mol. The Kier molecular flexibility index (Phi) is 5.37. The summed E-state index contributed by atoms with van der Waals surface area (Å²) >= 11 is 0. The third kappa shape index (κ3) is 3.62. The Labute approximate surface area is 151 Å². The minimum Gasteiger partial charge on any atom is -0.493 e. The number of carbonyl (C=O) groups is 1. The summed E-state index contributed by atoms with van der Waals surface area (Å²) in [5.41, 5.74) is 1.18. The van der Waals surface area contributed by atoms with Crippen LogP contribution in [0.5, 0.6) is 11.5 Å². The van der Waals surface area contributed by atoms with Crippen LogP contribution >= 0.6 is 0 Å². The van der Waals surface area contributed by atoms with E-state index in [1.165, 1.54) is 20.3 Å². The molecule has 0 amide bonds. The number of rotatable bonds is 6. The molecule has 0 unspecified atom stereocenters. The molecule has 1 saturated heterocycles. The lowest BCUT2D eigenvalue weighted by Gasteiger charge is -2.18. The summed E-state index contributed by atoms with van der Waals surface area (Å²) in [6.07, 6.45) is 1.66. The van der Waals surface area contributed by atoms with E-state index in [0.717, 1.165) is 5.69 Å². The highest BCUT2D eigenvalue weighted by molar-refractivity contribution is 5.72. The van der Waals surface area contributed by atoms with Gasteiger partial charge in [0.1, 0.15) is 5.82 Å². The highest BCUT2D eigenvalue weighted by Crippen LogP contribution is 2.35. The molecule has 2 atom stereocenters. The van der Waals surface area contributed by atoms with Crippen molar-refractivity contribution in [1.82, 2.24) is 9.88 Å². The SMILES string of the molecule is COc1cc(F)c(CN2C[C@@H](C(=O)O)[C@H](c3ccccn3)C2)cc1OC. The molecule has 2 aromatic rings. The second-order valence-electron chi connectivity index (χ2n) is 6.30. The fourth-order valence-electron chi connectivity index (χ4n) is 3.42. The summed E-state index contributed by atoms with van der Waals surface area (Å²) in [6.45, 7) is 1.13. The molecule has 1 aromatic heterocycles. The quantitative estimate of drug-likeness (QED) is 0.854. The van der Waals surface area contributed by atoms with Gasteiger partial charge in [-0.15, -0.1) is 0 Å². The highest BCUT2D eigenvalue weighted by Gasteiger charge is 2.39. The lowest BCUT2D eigenvalue weighted by atomic mass is 9.93. The predicted molar refractivity (Wildman–Crippen MR) is 92.9 cm³/mol. The first-order valence-corrected chi connectivity index (χ1v) is 8.30. The van der Waals surface area contributed by atoms with Gasteiger partial charge < -0.3 is 14.6 Å². The van der Waals surface area contributed by atoms with Gasteiger partial charge in [0.15, 0.2) is 11.5 Å². The molecule has 1 aromatic carbocycles. The lowest BCUT2D eigenvalue weighted by Crippen LogP contribution is -2.23. The average molecular weight is 360 g/mol. The van der Waals surface area contributed by atoms with Crippen molar-refractivity contribution in [2.75, 3.05) is 27.3 Å². The summed E-state index contributed by atoms with van der Waals surface area (Å²) < 4.78 is 24.7. The molecule has 1 aliphatic rings. The van der Waals surface area contributed by atoms with Gasteiger partial charge in [0.2, 0.25) is 0 Å². The zero-order chi connectivity index (χ0) is 18.7. The second kappa shape index (κ2) is 7.70. The Morgan fingerprint density at radius 2 is 2.00 bits per heavy atom. The smallest absolute Gasteiger partial charge is 0.308 e. The summed E-state index contributed by atoms with van der Waals surface area (Å²) in [6, 6.07) is 8.36. The number of aromatic nitrogens is 1. The minimum atomic E-state index is -0.865. The fraction of sp³-hybridized carbons (Fsp3) is 0.368. The van der Waals surface area contributed by atoms with E-state index in [9.17, 15) is 14.3 Å². The molecule has 1 aliphatic heterocycles. The van der Waals surface area contributed by atoms with E-state index < -0.39 is 17.7 Å². The van der Waals surface area contributed by atoms with Crippen LogP contribution in [0.4, 0.5) is 4.39 Å². The van der Waals surface area contributed by atoms with E-state index in [0.29, 0.717) is 36.7 Å². The number of aliphatic carboxylic acids is 1. The van der Waals surface area contributed by atoms with Crippen LogP contribution in [0, 0.1) is 11.7 Å². The molecule has 1 fully saturated rings. The van der Waals surface area contributed by atoms with Gasteiger partial charge in [0.05, 0.1) is 20.1 Å². The average Bonchev–Trinajstić information content (AvgIpc) is 3.08. The number of hydrogen-bond donors (Lipinski definition) is 1. The van der Waals surface area contributed by atoms with Gasteiger partial charge in [0.25, 0.3) is 0 Å². The van der Waals surface area contributed by atoms with Gasteiger partial charge in [-0.1, -0.05) is 6.07 Å². The van der Waals surface area contributed by atoms with Gasteiger partial charge in [0, 0.05) is 49.1 Å². The van der Waals surface area contributed by atoms with Crippen molar-refractivity contribution in [3.8, 4) is 11.5 Å². The minimum absolute atomic E-state index is 0.225. The predicted octanol–water partition coefficient (Wildman–Crippen LogP) is 2.54. The van der Waals surface area contributed by atoms with Crippen LogP contribution in [-0.4, -0.2) is 48.3 Å². The van der Waals surface area contributed by atoms with E-state index in [2.05, 4.69) is 4.98 Å². The maximum absolute atomic E-state index is 14.4. The van der Waals surface area contributed by atoms with Crippen LogP contribution in [0.15, 0.2) is 36.5 Å². The van der Waals surface area contributed by atoms with Crippen molar-refractivity contribution < 1.29 is 23.8 Å². The van der Waals surface area contributed by atoms with Gasteiger partial charge in [-0.25, -0.2) is 4.39 Å². The molecular weight excluding hydrogens is 339 g/mol. The summed E-state index contributed by atoms with van der Waals surface area (Å²) in [7, 11) is 2.94. The highest BCUT2D eigenvalue weighted by atomic mass is 19.1. The van der Waals surface area contributed by atoms with Crippen LogP contribution < -0.4 is 9.47 Å². The molecule has 0 saturated carbocycles. The molecule has 0 bridgehead atoms. The van der Waals surface area contributed by atoms with Crippen LogP contribution in [-0.2, 0) is 11.3 Å². The van der Waals surface area contributed by atoms with Crippen LogP contribution in [0.3, 0.4) is 0 Å². The number of nitrogens with zero attached hydrogens (tertiary/aromatic N) is 2. The van der Waals surface area contributed by atoms with Gasteiger partial charge in [-0.2, -0.15) is 0 Å². The lowest BCUT2D eigenvalue weighted by molar-refractivity contribution is -0.141. The third-order valence-corrected chi connectivity index (χ3v) is 4.73. The van der Waals surface area contributed by atoms with Gasteiger partial charge in [-0.05, 0) is 18.2 Å². The summed E-state index contributed by atoms with van der Waals surface area (Å²) in [5.74, 6) is -1.30. The second-order valence-corrected chi connectivity index (χ2v) is 6.30. The standard InChI is InChI=1S/C19H21FN2O4/c1-25-17-7-12(15(20)8-18(17)26-2)9-22-10-13(14(11-22)19(23)24)16-5-3-4-6-21-16/h3-8,13-14H,9-11H2,1-2H3,(H,23,24)/t13-,14-/m1/s1. The molecule has 2 heterocycles. The Morgan fingerprint density at radius 3 is 2.62 bits per heavy atom. The molecule has 0 radical (unpaired) electrons. The molecule has 1 N–H and O–H groups in total. The number of benzene rings is 1. The van der Waals surface area contributed by atoms with Crippen molar-refractivity contribution in [2.45, 2.75) is 12.5 Å².